The number of hydrogen-bond donors (Lipinski definition) is 0. The Morgan fingerprint density at radius 2 is 1.66 bits per heavy atom. The largest absolute Gasteiger partial charge is 0.497 e. The fourth-order valence-corrected chi connectivity index (χ4v) is 3.57. The van der Waals surface area contributed by atoms with Crippen molar-refractivity contribution in [1.29, 1.82) is 0 Å². The number of hydrogen-bond acceptors (Lipinski definition) is 5. The molecule has 2 aromatic rings. The molecular weight excluding hydrogens is 368 g/mol. The summed E-state index contributed by atoms with van der Waals surface area (Å²) in [4.78, 5) is 27.8. The molecule has 6 heteroatoms. The number of methoxy groups -OCH3 is 1. The monoisotopic (exact) mass is 396 g/mol. The van der Waals surface area contributed by atoms with Gasteiger partial charge in [0.2, 0.25) is 5.91 Å². The van der Waals surface area contributed by atoms with E-state index in [2.05, 4.69) is 11.0 Å². The second-order valence-electron chi connectivity index (χ2n) is 7.25. The van der Waals surface area contributed by atoms with E-state index >= 15 is 0 Å². The van der Waals surface area contributed by atoms with Crippen molar-refractivity contribution in [3.05, 3.63) is 53.1 Å². The first-order chi connectivity index (χ1) is 14.0. The SMILES string of the molecule is COc1ccc(OCCC(=O)N2CCN(c3cc(C)c(C=O)cc3C)CC2)cc1. The van der Waals surface area contributed by atoms with Crippen molar-refractivity contribution < 1.29 is 19.1 Å². The van der Waals surface area contributed by atoms with Gasteiger partial charge in [-0.2, -0.15) is 0 Å². The van der Waals surface area contributed by atoms with Crippen molar-refractivity contribution in [3.8, 4) is 11.5 Å². The highest BCUT2D eigenvalue weighted by atomic mass is 16.5. The molecule has 1 heterocycles. The molecule has 2 aromatic carbocycles. The van der Waals surface area contributed by atoms with Crippen LogP contribution in [0.3, 0.4) is 0 Å². The molecule has 0 saturated carbocycles. The third kappa shape index (κ3) is 5.08. The number of rotatable bonds is 7. The Kier molecular flexibility index (Phi) is 6.75. The van der Waals surface area contributed by atoms with E-state index in [0.29, 0.717) is 26.1 Å². The number of anilines is 1. The van der Waals surface area contributed by atoms with Gasteiger partial charge in [0, 0.05) is 37.4 Å². The first-order valence-corrected chi connectivity index (χ1v) is 9.88. The summed E-state index contributed by atoms with van der Waals surface area (Å²) in [6, 6.07) is 11.3. The van der Waals surface area contributed by atoms with Crippen molar-refractivity contribution in [2.24, 2.45) is 0 Å². The summed E-state index contributed by atoms with van der Waals surface area (Å²) < 4.78 is 10.8. The lowest BCUT2D eigenvalue weighted by atomic mass is 10.0. The minimum atomic E-state index is 0.113. The molecule has 0 bridgehead atoms. The van der Waals surface area contributed by atoms with Crippen LogP contribution in [-0.2, 0) is 4.79 Å². The number of ether oxygens (including phenoxy) is 2. The Hall–Kier alpha value is -3.02. The summed E-state index contributed by atoms with van der Waals surface area (Å²) in [5.41, 5.74) is 3.94. The molecule has 0 atom stereocenters. The van der Waals surface area contributed by atoms with Crippen molar-refractivity contribution >= 4 is 17.9 Å². The molecule has 1 aliphatic rings. The van der Waals surface area contributed by atoms with Crippen LogP contribution in [0.2, 0.25) is 0 Å². The van der Waals surface area contributed by atoms with Gasteiger partial charge in [-0.3, -0.25) is 9.59 Å². The maximum absolute atomic E-state index is 12.5. The first kappa shape index (κ1) is 20.7. The van der Waals surface area contributed by atoms with Gasteiger partial charge in [-0.25, -0.2) is 0 Å². The predicted molar refractivity (Wildman–Crippen MR) is 113 cm³/mol. The number of carbonyl (C=O) groups is 2. The molecule has 1 saturated heterocycles. The van der Waals surface area contributed by atoms with Gasteiger partial charge in [0.25, 0.3) is 0 Å². The predicted octanol–water partition coefficient (Wildman–Crippen LogP) is 3.24. The summed E-state index contributed by atoms with van der Waals surface area (Å²) in [5.74, 6) is 1.62. The van der Waals surface area contributed by atoms with E-state index in [9.17, 15) is 9.59 Å². The lowest BCUT2D eigenvalue weighted by Crippen LogP contribution is -2.49. The van der Waals surface area contributed by atoms with Gasteiger partial charge in [0.05, 0.1) is 20.1 Å². The molecule has 1 fully saturated rings. The minimum Gasteiger partial charge on any atom is -0.497 e. The van der Waals surface area contributed by atoms with E-state index < -0.39 is 0 Å². The lowest BCUT2D eigenvalue weighted by Gasteiger charge is -2.37. The highest BCUT2D eigenvalue weighted by Gasteiger charge is 2.22. The van der Waals surface area contributed by atoms with Crippen molar-refractivity contribution in [2.75, 3.05) is 44.8 Å². The fourth-order valence-electron chi connectivity index (χ4n) is 3.57. The molecular formula is C23H28N2O4. The van der Waals surface area contributed by atoms with E-state index in [1.165, 1.54) is 0 Å². The number of carbonyl (C=O) groups excluding carboxylic acids is 2. The van der Waals surface area contributed by atoms with Gasteiger partial charge in [0.15, 0.2) is 0 Å². The quantitative estimate of drug-likeness (QED) is 0.673. The van der Waals surface area contributed by atoms with Crippen LogP contribution in [0, 0.1) is 13.8 Å². The molecule has 6 nitrogen and oxygen atoms in total. The zero-order chi connectivity index (χ0) is 20.8. The molecule has 29 heavy (non-hydrogen) atoms. The van der Waals surface area contributed by atoms with Crippen LogP contribution in [0.1, 0.15) is 27.9 Å². The molecule has 0 spiro atoms. The zero-order valence-corrected chi connectivity index (χ0v) is 17.3. The molecule has 0 N–H and O–H groups in total. The maximum atomic E-state index is 12.5. The van der Waals surface area contributed by atoms with E-state index in [1.54, 1.807) is 7.11 Å². The first-order valence-electron chi connectivity index (χ1n) is 9.88. The molecule has 0 radical (unpaired) electrons. The number of nitrogens with zero attached hydrogens (tertiary/aromatic N) is 2. The second-order valence-corrected chi connectivity index (χ2v) is 7.25. The average molecular weight is 396 g/mol. The highest BCUT2D eigenvalue weighted by Crippen LogP contribution is 2.25. The molecule has 0 aromatic heterocycles. The third-order valence-electron chi connectivity index (χ3n) is 5.33. The normalized spacial score (nSPS) is 13.9. The third-order valence-corrected chi connectivity index (χ3v) is 5.33. The van der Waals surface area contributed by atoms with E-state index in [4.69, 9.17) is 9.47 Å². The summed E-state index contributed by atoms with van der Waals surface area (Å²) in [5, 5.41) is 0. The molecule has 0 aliphatic carbocycles. The number of aryl methyl sites for hydroxylation is 2. The second kappa shape index (κ2) is 9.45. The van der Waals surface area contributed by atoms with Gasteiger partial charge in [-0.05, 0) is 61.4 Å². The van der Waals surface area contributed by atoms with E-state index in [0.717, 1.165) is 53.3 Å². The van der Waals surface area contributed by atoms with E-state index in [1.807, 2.05) is 49.1 Å². The van der Waals surface area contributed by atoms with Crippen LogP contribution >= 0.6 is 0 Å². The van der Waals surface area contributed by atoms with Crippen molar-refractivity contribution in [3.63, 3.8) is 0 Å². The number of benzene rings is 2. The topological polar surface area (TPSA) is 59.1 Å². The Morgan fingerprint density at radius 3 is 2.28 bits per heavy atom. The Morgan fingerprint density at radius 1 is 1.00 bits per heavy atom. The van der Waals surface area contributed by atoms with Crippen LogP contribution in [0.15, 0.2) is 36.4 Å². The van der Waals surface area contributed by atoms with Crippen LogP contribution < -0.4 is 14.4 Å². The Labute approximate surface area is 172 Å². The molecule has 1 amide bonds. The molecule has 3 rings (SSSR count). The standard InChI is InChI=1S/C23H28N2O4/c1-17-15-22(18(2)14-19(17)16-26)24-9-11-25(12-10-24)23(27)8-13-29-21-6-4-20(28-3)5-7-21/h4-7,14-16H,8-13H2,1-3H3. The lowest BCUT2D eigenvalue weighted by molar-refractivity contribution is -0.132. The summed E-state index contributed by atoms with van der Waals surface area (Å²) in [7, 11) is 1.62. The summed E-state index contributed by atoms with van der Waals surface area (Å²) in [6.45, 7) is 7.28. The number of aldehydes is 1. The van der Waals surface area contributed by atoms with Crippen LogP contribution in [-0.4, -0.2) is 57.0 Å². The molecule has 1 aliphatic heterocycles. The minimum absolute atomic E-state index is 0.113. The number of amides is 1. The van der Waals surface area contributed by atoms with Gasteiger partial charge < -0.3 is 19.3 Å². The fraction of sp³-hybridized carbons (Fsp3) is 0.391. The summed E-state index contributed by atoms with van der Waals surface area (Å²) in [6.07, 6.45) is 1.26. The van der Waals surface area contributed by atoms with Gasteiger partial charge in [-0.1, -0.05) is 0 Å². The Bertz CT molecular complexity index is 856. The maximum Gasteiger partial charge on any atom is 0.226 e. The number of piperazine rings is 1. The smallest absolute Gasteiger partial charge is 0.226 e. The van der Waals surface area contributed by atoms with Crippen molar-refractivity contribution in [2.45, 2.75) is 20.3 Å². The highest BCUT2D eigenvalue weighted by molar-refractivity contribution is 5.80. The van der Waals surface area contributed by atoms with E-state index in [-0.39, 0.29) is 5.91 Å². The van der Waals surface area contributed by atoms with Crippen molar-refractivity contribution in [1.82, 2.24) is 4.90 Å². The van der Waals surface area contributed by atoms with Gasteiger partial charge >= 0.3 is 0 Å². The average Bonchev–Trinajstić information content (AvgIpc) is 2.75. The summed E-state index contributed by atoms with van der Waals surface area (Å²) >= 11 is 0. The van der Waals surface area contributed by atoms with Gasteiger partial charge in [-0.15, -0.1) is 0 Å². The molecule has 0 unspecified atom stereocenters. The molecule has 154 valence electrons. The Balaban J connectivity index is 1.48. The van der Waals surface area contributed by atoms with Gasteiger partial charge in [0.1, 0.15) is 17.8 Å². The van der Waals surface area contributed by atoms with Crippen LogP contribution in [0.5, 0.6) is 11.5 Å². The zero-order valence-electron chi connectivity index (χ0n) is 17.3. The van der Waals surface area contributed by atoms with Crippen LogP contribution in [0.4, 0.5) is 5.69 Å². The van der Waals surface area contributed by atoms with Crippen LogP contribution in [0.25, 0.3) is 0 Å².